The Morgan fingerprint density at radius 1 is 1.28 bits per heavy atom. The lowest BCUT2D eigenvalue weighted by Crippen LogP contribution is -2.42. The van der Waals surface area contributed by atoms with E-state index in [4.69, 9.17) is 10.2 Å². The molecule has 0 amide bonds. The van der Waals surface area contributed by atoms with Gasteiger partial charge in [0.15, 0.2) is 19.8 Å². The molecule has 3 rings (SSSR count). The predicted octanol–water partition coefficient (Wildman–Crippen LogP) is 3.94. The summed E-state index contributed by atoms with van der Waals surface area (Å²) >= 11 is 0. The van der Waals surface area contributed by atoms with Crippen LogP contribution in [0.25, 0.3) is 11.2 Å². The molecule has 2 aromatic rings. The van der Waals surface area contributed by atoms with Gasteiger partial charge < -0.3 is 14.7 Å². The minimum atomic E-state index is -1.71. The molecule has 0 aliphatic heterocycles. The van der Waals surface area contributed by atoms with Crippen molar-refractivity contribution < 1.29 is 4.43 Å². The maximum atomic E-state index is 6.44. The average molecular weight is 360 g/mol. The van der Waals surface area contributed by atoms with Crippen LogP contribution in [0, 0.1) is 5.92 Å². The Kier molecular flexibility index (Phi) is 4.72. The molecular formula is C18H29N5OSi. The van der Waals surface area contributed by atoms with Crippen molar-refractivity contribution in [1.29, 1.82) is 0 Å². The third kappa shape index (κ3) is 3.62. The van der Waals surface area contributed by atoms with E-state index in [0.29, 0.717) is 17.3 Å². The summed E-state index contributed by atoms with van der Waals surface area (Å²) in [6.07, 6.45) is 9.91. The van der Waals surface area contributed by atoms with E-state index in [1.54, 1.807) is 0 Å². The lowest BCUT2D eigenvalue weighted by molar-refractivity contribution is 0.207. The Balaban J connectivity index is 1.72. The maximum Gasteiger partial charge on any atom is 0.191 e. The number of nitrogens with two attached hydrogens (primary N) is 1. The molecule has 0 fully saturated rings. The van der Waals surface area contributed by atoms with Gasteiger partial charge in [-0.3, -0.25) is 0 Å². The number of hydrogen-bond acceptors (Lipinski definition) is 5. The normalized spacial score (nSPS) is 21.8. The van der Waals surface area contributed by atoms with Gasteiger partial charge in [-0.1, -0.05) is 32.9 Å². The van der Waals surface area contributed by atoms with Crippen molar-refractivity contribution in [3.05, 3.63) is 24.8 Å². The highest BCUT2D eigenvalue weighted by Gasteiger charge is 2.37. The van der Waals surface area contributed by atoms with Gasteiger partial charge in [0.25, 0.3) is 0 Å². The molecule has 0 saturated carbocycles. The van der Waals surface area contributed by atoms with Crippen LogP contribution in [0.5, 0.6) is 0 Å². The molecule has 0 spiro atoms. The third-order valence-corrected chi connectivity index (χ3v) is 10.1. The second kappa shape index (κ2) is 6.53. The standard InChI is InChI=1S/C18H29N5OSi/c1-18(2,3)25(4,5)24-10-13-7-6-8-14(9-13)23-12-22-15-16(19)20-11-21-17(15)23/h6,8,11-14H,7,9-10H2,1-5H3,(H2,19,20,21)/t13-,14+/m1/s1. The van der Waals surface area contributed by atoms with Gasteiger partial charge in [0.1, 0.15) is 11.8 Å². The number of allylic oxidation sites excluding steroid dienone is 2. The number of anilines is 1. The molecule has 7 heteroatoms. The van der Waals surface area contributed by atoms with Gasteiger partial charge >= 0.3 is 0 Å². The van der Waals surface area contributed by atoms with E-state index < -0.39 is 8.32 Å². The molecule has 0 saturated heterocycles. The first-order valence-electron chi connectivity index (χ1n) is 8.92. The molecule has 25 heavy (non-hydrogen) atoms. The summed E-state index contributed by atoms with van der Waals surface area (Å²) in [4.78, 5) is 12.8. The lowest BCUT2D eigenvalue weighted by Gasteiger charge is -2.38. The zero-order valence-corrected chi connectivity index (χ0v) is 16.9. The summed E-state index contributed by atoms with van der Waals surface area (Å²) in [6.45, 7) is 12.3. The van der Waals surface area contributed by atoms with Crippen molar-refractivity contribution in [3.8, 4) is 0 Å². The van der Waals surface area contributed by atoms with Crippen molar-refractivity contribution in [2.75, 3.05) is 12.3 Å². The fraction of sp³-hybridized carbons (Fsp3) is 0.611. The van der Waals surface area contributed by atoms with Gasteiger partial charge in [0, 0.05) is 6.61 Å². The van der Waals surface area contributed by atoms with Crippen LogP contribution < -0.4 is 5.73 Å². The van der Waals surface area contributed by atoms with Crippen LogP contribution in [0.15, 0.2) is 24.8 Å². The highest BCUT2D eigenvalue weighted by molar-refractivity contribution is 6.74. The van der Waals surface area contributed by atoms with Gasteiger partial charge in [-0.05, 0) is 36.9 Å². The second-order valence-corrected chi connectivity index (χ2v) is 13.3. The Morgan fingerprint density at radius 2 is 2.04 bits per heavy atom. The van der Waals surface area contributed by atoms with Gasteiger partial charge in [-0.15, -0.1) is 0 Å². The largest absolute Gasteiger partial charge is 0.417 e. The van der Waals surface area contributed by atoms with Crippen LogP contribution in [0.3, 0.4) is 0 Å². The predicted molar refractivity (Wildman–Crippen MR) is 104 cm³/mol. The molecule has 0 radical (unpaired) electrons. The first-order chi connectivity index (χ1) is 11.7. The Hall–Kier alpha value is -1.73. The molecular weight excluding hydrogens is 330 g/mol. The highest BCUT2D eigenvalue weighted by atomic mass is 28.4. The van der Waals surface area contributed by atoms with Crippen LogP contribution >= 0.6 is 0 Å². The van der Waals surface area contributed by atoms with Gasteiger partial charge in [-0.2, -0.15) is 0 Å². The van der Waals surface area contributed by atoms with Crippen molar-refractivity contribution >= 4 is 25.3 Å². The number of nitrogen functional groups attached to an aromatic ring is 1. The Bertz CT molecular complexity index is 777. The smallest absolute Gasteiger partial charge is 0.191 e. The molecule has 0 bridgehead atoms. The lowest BCUT2D eigenvalue weighted by atomic mass is 9.91. The number of fused-ring (bicyclic) bond motifs is 1. The van der Waals surface area contributed by atoms with Gasteiger partial charge in [0.2, 0.25) is 0 Å². The number of aromatic nitrogens is 4. The van der Waals surface area contributed by atoms with Gasteiger partial charge in [0.05, 0.1) is 12.4 Å². The van der Waals surface area contributed by atoms with Crippen molar-refractivity contribution in [3.63, 3.8) is 0 Å². The Morgan fingerprint density at radius 3 is 2.76 bits per heavy atom. The van der Waals surface area contributed by atoms with E-state index >= 15 is 0 Å². The summed E-state index contributed by atoms with van der Waals surface area (Å²) in [5, 5.41) is 0.242. The number of nitrogens with zero attached hydrogens (tertiary/aromatic N) is 4. The molecule has 1 aliphatic rings. The Labute approximate surface area is 150 Å². The first-order valence-corrected chi connectivity index (χ1v) is 11.8. The van der Waals surface area contributed by atoms with E-state index in [1.807, 2.05) is 6.33 Å². The molecule has 2 heterocycles. The highest BCUT2D eigenvalue weighted by Crippen LogP contribution is 2.38. The molecule has 2 aromatic heterocycles. The van der Waals surface area contributed by atoms with Crippen molar-refractivity contribution in [1.82, 2.24) is 19.5 Å². The first kappa shape index (κ1) is 18.1. The van der Waals surface area contributed by atoms with Crippen LogP contribution in [-0.2, 0) is 4.43 Å². The van der Waals surface area contributed by atoms with E-state index in [1.165, 1.54) is 6.33 Å². The van der Waals surface area contributed by atoms with Crippen molar-refractivity contribution in [2.24, 2.45) is 5.92 Å². The second-order valence-electron chi connectivity index (χ2n) is 8.49. The molecule has 0 unspecified atom stereocenters. The minimum Gasteiger partial charge on any atom is -0.417 e. The molecule has 2 N–H and O–H groups in total. The quantitative estimate of drug-likeness (QED) is 0.661. The fourth-order valence-electron chi connectivity index (χ4n) is 2.94. The molecule has 0 aromatic carbocycles. The SMILES string of the molecule is CC(C)(C)[Si](C)(C)OC[C@@H]1CC=C[C@H](n2cnc3c(N)ncnc32)C1. The van der Waals surface area contributed by atoms with E-state index in [2.05, 4.69) is 65.5 Å². The van der Waals surface area contributed by atoms with E-state index in [-0.39, 0.29) is 11.1 Å². The molecule has 2 atom stereocenters. The summed E-state index contributed by atoms with van der Waals surface area (Å²) in [7, 11) is -1.71. The van der Waals surface area contributed by atoms with Gasteiger partial charge in [-0.25, -0.2) is 15.0 Å². The number of hydrogen-bond donors (Lipinski definition) is 1. The monoisotopic (exact) mass is 359 g/mol. The molecule has 6 nitrogen and oxygen atoms in total. The van der Waals surface area contributed by atoms with Crippen molar-refractivity contribution in [2.45, 2.75) is 57.8 Å². The zero-order chi connectivity index (χ0) is 18.2. The zero-order valence-electron chi connectivity index (χ0n) is 15.9. The maximum absolute atomic E-state index is 6.44. The molecule has 1 aliphatic carbocycles. The van der Waals surface area contributed by atoms with E-state index in [9.17, 15) is 0 Å². The third-order valence-electron chi connectivity index (χ3n) is 5.63. The van der Waals surface area contributed by atoms with Crippen LogP contribution in [0.4, 0.5) is 5.82 Å². The molecule has 136 valence electrons. The summed E-state index contributed by atoms with van der Waals surface area (Å²) < 4.78 is 8.54. The summed E-state index contributed by atoms with van der Waals surface area (Å²) in [6, 6.07) is 0.237. The number of imidazole rings is 1. The van der Waals surface area contributed by atoms with Crippen LogP contribution in [0.1, 0.15) is 39.7 Å². The average Bonchev–Trinajstić information content (AvgIpc) is 2.98. The van der Waals surface area contributed by atoms with Crippen LogP contribution in [0.2, 0.25) is 18.1 Å². The summed E-state index contributed by atoms with van der Waals surface area (Å²) in [5.41, 5.74) is 7.38. The summed E-state index contributed by atoms with van der Waals surface area (Å²) in [5.74, 6) is 0.946. The minimum absolute atomic E-state index is 0.237. The fourth-order valence-corrected chi connectivity index (χ4v) is 4.03. The topological polar surface area (TPSA) is 78.9 Å². The number of rotatable bonds is 4. The van der Waals surface area contributed by atoms with Crippen LogP contribution in [-0.4, -0.2) is 34.4 Å². The van der Waals surface area contributed by atoms with E-state index in [0.717, 1.165) is 25.1 Å².